The first kappa shape index (κ1) is 13.9. The molecule has 0 aliphatic heterocycles. The first-order chi connectivity index (χ1) is 9.11. The van der Waals surface area contributed by atoms with E-state index in [4.69, 9.17) is 17.4 Å². The minimum atomic E-state index is -0.519. The van der Waals surface area contributed by atoms with Gasteiger partial charge < -0.3 is 0 Å². The van der Waals surface area contributed by atoms with E-state index < -0.39 is 11.9 Å². The summed E-state index contributed by atoms with van der Waals surface area (Å²) in [5.41, 5.74) is 3.33. The Morgan fingerprint density at radius 1 is 1.11 bits per heavy atom. The van der Waals surface area contributed by atoms with Crippen molar-refractivity contribution in [3.05, 3.63) is 70.2 Å². The van der Waals surface area contributed by atoms with E-state index in [9.17, 15) is 8.78 Å². The van der Waals surface area contributed by atoms with Crippen LogP contribution in [0.2, 0.25) is 5.02 Å². The van der Waals surface area contributed by atoms with Gasteiger partial charge in [0, 0.05) is 10.6 Å². The summed E-state index contributed by atoms with van der Waals surface area (Å²) in [7, 11) is 0. The number of halogens is 3. The van der Waals surface area contributed by atoms with Crippen molar-refractivity contribution in [2.75, 3.05) is 0 Å². The number of nitrogens with one attached hydrogen (secondary N) is 1. The van der Waals surface area contributed by atoms with Gasteiger partial charge in [-0.05, 0) is 30.2 Å². The van der Waals surface area contributed by atoms with Crippen LogP contribution in [0.3, 0.4) is 0 Å². The van der Waals surface area contributed by atoms with Crippen molar-refractivity contribution < 1.29 is 8.78 Å². The van der Waals surface area contributed by atoms with Crippen LogP contribution in [0.1, 0.15) is 17.2 Å². The van der Waals surface area contributed by atoms with E-state index in [0.717, 1.165) is 0 Å². The van der Waals surface area contributed by atoms with Gasteiger partial charge in [0.05, 0.1) is 6.04 Å². The molecule has 0 fully saturated rings. The zero-order chi connectivity index (χ0) is 13.8. The number of benzene rings is 2. The number of nitrogens with two attached hydrogens (primary N) is 1. The predicted molar refractivity (Wildman–Crippen MR) is 71.6 cm³/mol. The quantitative estimate of drug-likeness (QED) is 0.666. The molecule has 2 nitrogen and oxygen atoms in total. The molecule has 0 aliphatic rings. The maximum Gasteiger partial charge on any atom is 0.129 e. The van der Waals surface area contributed by atoms with E-state index in [0.29, 0.717) is 16.1 Å². The van der Waals surface area contributed by atoms with Crippen LogP contribution in [-0.2, 0) is 6.42 Å². The van der Waals surface area contributed by atoms with E-state index in [1.54, 1.807) is 30.3 Å². The molecule has 100 valence electrons. The van der Waals surface area contributed by atoms with Crippen LogP contribution in [0.5, 0.6) is 0 Å². The fraction of sp³-hybridized carbons (Fsp3) is 0.143. The zero-order valence-corrected chi connectivity index (χ0v) is 10.8. The highest BCUT2D eigenvalue weighted by atomic mass is 35.5. The van der Waals surface area contributed by atoms with E-state index >= 15 is 0 Å². The lowest BCUT2D eigenvalue weighted by Gasteiger charge is -2.17. The topological polar surface area (TPSA) is 38.0 Å². The molecule has 2 rings (SSSR count). The summed E-state index contributed by atoms with van der Waals surface area (Å²) in [5, 5.41) is 0.308. The van der Waals surface area contributed by atoms with Gasteiger partial charge in [-0.2, -0.15) is 0 Å². The largest absolute Gasteiger partial charge is 0.271 e. The van der Waals surface area contributed by atoms with E-state index in [1.807, 2.05) is 0 Å². The molecular weight excluding hydrogens is 270 g/mol. The molecule has 2 aromatic carbocycles. The summed E-state index contributed by atoms with van der Waals surface area (Å²) in [5.74, 6) is 4.64. The van der Waals surface area contributed by atoms with Gasteiger partial charge in [0.1, 0.15) is 11.6 Å². The molecule has 3 N–H and O–H groups in total. The van der Waals surface area contributed by atoms with Gasteiger partial charge >= 0.3 is 0 Å². The summed E-state index contributed by atoms with van der Waals surface area (Å²) >= 11 is 5.70. The fourth-order valence-corrected chi connectivity index (χ4v) is 2.09. The minimum absolute atomic E-state index is 0.252. The highest BCUT2D eigenvalue weighted by Gasteiger charge is 2.16. The van der Waals surface area contributed by atoms with Crippen molar-refractivity contribution in [2.24, 2.45) is 5.84 Å². The van der Waals surface area contributed by atoms with Gasteiger partial charge in [0.25, 0.3) is 0 Å². The molecule has 0 aliphatic carbocycles. The molecule has 1 atom stereocenters. The van der Waals surface area contributed by atoms with Crippen LogP contribution in [0.15, 0.2) is 42.5 Å². The SMILES string of the molecule is NNC(Cc1ccccc1F)c1ccc(Cl)cc1F. The second-order valence-electron chi connectivity index (χ2n) is 4.18. The third-order valence-corrected chi connectivity index (χ3v) is 3.16. The Hall–Kier alpha value is -1.49. The van der Waals surface area contributed by atoms with Crippen LogP contribution < -0.4 is 11.3 Å². The van der Waals surface area contributed by atoms with Crippen LogP contribution in [0, 0.1) is 11.6 Å². The second-order valence-corrected chi connectivity index (χ2v) is 4.62. The van der Waals surface area contributed by atoms with Crippen molar-refractivity contribution in [1.29, 1.82) is 0 Å². The molecule has 0 amide bonds. The number of hydrogen-bond donors (Lipinski definition) is 2. The lowest BCUT2D eigenvalue weighted by atomic mass is 9.98. The molecule has 2 aromatic rings. The van der Waals surface area contributed by atoms with Gasteiger partial charge in [-0.3, -0.25) is 11.3 Å². The molecule has 5 heteroatoms. The summed E-state index contributed by atoms with van der Waals surface area (Å²) in [6.45, 7) is 0. The van der Waals surface area contributed by atoms with Gasteiger partial charge in [0.15, 0.2) is 0 Å². The Balaban J connectivity index is 2.28. The third-order valence-electron chi connectivity index (χ3n) is 2.92. The molecule has 0 bridgehead atoms. The Bertz CT molecular complexity index is 575. The van der Waals surface area contributed by atoms with E-state index in [-0.39, 0.29) is 12.2 Å². The Morgan fingerprint density at radius 3 is 2.47 bits per heavy atom. The average Bonchev–Trinajstić information content (AvgIpc) is 2.39. The van der Waals surface area contributed by atoms with Crippen LogP contribution >= 0.6 is 11.6 Å². The van der Waals surface area contributed by atoms with Gasteiger partial charge in [0.2, 0.25) is 0 Å². The van der Waals surface area contributed by atoms with Gasteiger partial charge in [-0.15, -0.1) is 0 Å². The standard InChI is InChI=1S/C14H13ClF2N2/c15-10-5-6-11(13(17)8-10)14(19-18)7-9-3-1-2-4-12(9)16/h1-6,8,14,19H,7,18H2. The minimum Gasteiger partial charge on any atom is -0.271 e. The summed E-state index contributed by atoms with van der Waals surface area (Å²) in [4.78, 5) is 0. The first-order valence-corrected chi connectivity index (χ1v) is 6.14. The molecule has 19 heavy (non-hydrogen) atoms. The van der Waals surface area contributed by atoms with Gasteiger partial charge in [-0.1, -0.05) is 35.9 Å². The Labute approximate surface area is 115 Å². The molecule has 0 saturated heterocycles. The maximum atomic E-state index is 13.8. The smallest absolute Gasteiger partial charge is 0.129 e. The third kappa shape index (κ3) is 3.29. The summed E-state index contributed by atoms with van der Waals surface area (Å²) in [6, 6.07) is 10.2. The van der Waals surface area contributed by atoms with Crippen LogP contribution in [0.4, 0.5) is 8.78 Å². The van der Waals surface area contributed by atoms with Crippen molar-refractivity contribution in [2.45, 2.75) is 12.5 Å². The lowest BCUT2D eigenvalue weighted by molar-refractivity contribution is 0.499. The molecule has 0 radical (unpaired) electrons. The lowest BCUT2D eigenvalue weighted by Crippen LogP contribution is -2.30. The Kier molecular flexibility index (Phi) is 4.47. The number of rotatable bonds is 4. The molecule has 0 aromatic heterocycles. The van der Waals surface area contributed by atoms with Crippen molar-refractivity contribution in [1.82, 2.24) is 5.43 Å². The Morgan fingerprint density at radius 2 is 1.84 bits per heavy atom. The van der Waals surface area contributed by atoms with Crippen molar-refractivity contribution >= 4 is 11.6 Å². The predicted octanol–water partition coefficient (Wildman–Crippen LogP) is 3.37. The normalized spacial score (nSPS) is 12.4. The van der Waals surface area contributed by atoms with E-state index in [1.165, 1.54) is 12.1 Å². The monoisotopic (exact) mass is 282 g/mol. The highest BCUT2D eigenvalue weighted by molar-refractivity contribution is 6.30. The fourth-order valence-electron chi connectivity index (χ4n) is 1.93. The average molecular weight is 283 g/mol. The van der Waals surface area contributed by atoms with Crippen molar-refractivity contribution in [3.63, 3.8) is 0 Å². The summed E-state index contributed by atoms with van der Waals surface area (Å²) in [6.07, 6.45) is 0.252. The summed E-state index contributed by atoms with van der Waals surface area (Å²) < 4.78 is 27.4. The molecule has 0 saturated carbocycles. The van der Waals surface area contributed by atoms with Gasteiger partial charge in [-0.25, -0.2) is 8.78 Å². The highest BCUT2D eigenvalue weighted by Crippen LogP contribution is 2.24. The van der Waals surface area contributed by atoms with Crippen LogP contribution in [0.25, 0.3) is 0 Å². The molecular formula is C14H13ClF2N2. The van der Waals surface area contributed by atoms with E-state index in [2.05, 4.69) is 5.43 Å². The molecule has 1 unspecified atom stereocenters. The van der Waals surface area contributed by atoms with Crippen LogP contribution in [-0.4, -0.2) is 0 Å². The molecule has 0 heterocycles. The first-order valence-electron chi connectivity index (χ1n) is 5.76. The second kappa shape index (κ2) is 6.10. The van der Waals surface area contributed by atoms with Crippen molar-refractivity contribution in [3.8, 4) is 0 Å². The maximum absolute atomic E-state index is 13.8. The number of hydrogen-bond acceptors (Lipinski definition) is 2. The molecule has 0 spiro atoms. The number of hydrazine groups is 1. The zero-order valence-electron chi connectivity index (χ0n) is 10.0.